The van der Waals surface area contributed by atoms with Gasteiger partial charge in [-0.1, -0.05) is 44.2 Å². The third-order valence-corrected chi connectivity index (χ3v) is 5.80. The number of anilines is 1. The molecule has 6 nitrogen and oxygen atoms in total. The molecule has 6 heteroatoms. The molecule has 0 spiro atoms. The molecule has 2 aliphatic rings. The number of hydrogen-bond acceptors (Lipinski definition) is 5. The van der Waals surface area contributed by atoms with E-state index in [1.807, 2.05) is 12.3 Å². The molecule has 0 bridgehead atoms. The third-order valence-electron chi connectivity index (χ3n) is 5.80. The van der Waals surface area contributed by atoms with Crippen molar-refractivity contribution in [3.8, 4) is 0 Å². The zero-order valence-electron chi connectivity index (χ0n) is 16.6. The molecule has 1 saturated heterocycles. The normalized spacial score (nSPS) is 21.6. The highest BCUT2D eigenvalue weighted by Crippen LogP contribution is 2.25. The molecule has 1 aromatic heterocycles. The van der Waals surface area contributed by atoms with Gasteiger partial charge >= 0.3 is 0 Å². The second kappa shape index (κ2) is 8.29. The van der Waals surface area contributed by atoms with Gasteiger partial charge in [-0.3, -0.25) is 10.2 Å². The van der Waals surface area contributed by atoms with Gasteiger partial charge in [0.2, 0.25) is 5.91 Å². The van der Waals surface area contributed by atoms with Gasteiger partial charge in [0, 0.05) is 37.4 Å². The minimum absolute atomic E-state index is 0.0365. The van der Waals surface area contributed by atoms with E-state index in [4.69, 9.17) is 0 Å². The van der Waals surface area contributed by atoms with Crippen LogP contribution >= 0.6 is 0 Å². The van der Waals surface area contributed by atoms with Crippen LogP contribution in [0.4, 0.5) is 5.82 Å². The number of aromatic nitrogens is 1. The molecule has 2 atom stereocenters. The quantitative estimate of drug-likeness (QED) is 0.743. The van der Waals surface area contributed by atoms with E-state index in [9.17, 15) is 4.79 Å². The van der Waals surface area contributed by atoms with Crippen LogP contribution in [-0.2, 0) is 24.3 Å². The molecule has 148 valence electrons. The smallest absolute Gasteiger partial charge is 0.238 e. The van der Waals surface area contributed by atoms with E-state index in [0.717, 1.165) is 37.3 Å². The van der Waals surface area contributed by atoms with E-state index in [2.05, 4.69) is 70.2 Å². The minimum atomic E-state index is -0.186. The summed E-state index contributed by atoms with van der Waals surface area (Å²) in [5.41, 5.74) is 10.2. The summed E-state index contributed by atoms with van der Waals surface area (Å²) in [5, 5.41) is 3.09. The first-order chi connectivity index (χ1) is 13.6. The fourth-order valence-corrected chi connectivity index (χ4v) is 4.03. The first-order valence-electron chi connectivity index (χ1n) is 10.2. The summed E-state index contributed by atoms with van der Waals surface area (Å²) in [6, 6.07) is 12.7. The maximum atomic E-state index is 12.6. The molecule has 0 radical (unpaired) electrons. The SMILES string of the molecule is CC(C)C1CC(C(=O)NCc2cccnc2N2CCc3ccccc3C2)NN1. The Hall–Kier alpha value is -2.44. The highest BCUT2D eigenvalue weighted by Gasteiger charge is 2.30. The molecule has 2 unspecified atom stereocenters. The van der Waals surface area contributed by atoms with Gasteiger partial charge in [0.15, 0.2) is 0 Å². The molecule has 3 heterocycles. The van der Waals surface area contributed by atoms with Crippen molar-refractivity contribution in [1.82, 2.24) is 21.2 Å². The molecular weight excluding hydrogens is 350 g/mol. The Morgan fingerprint density at radius 3 is 2.82 bits per heavy atom. The summed E-state index contributed by atoms with van der Waals surface area (Å²) in [6.07, 6.45) is 3.66. The lowest BCUT2D eigenvalue weighted by atomic mass is 9.99. The highest BCUT2D eigenvalue weighted by molar-refractivity contribution is 5.82. The number of hydrazine groups is 1. The lowest BCUT2D eigenvalue weighted by molar-refractivity contribution is -0.123. The van der Waals surface area contributed by atoms with Crippen LogP contribution in [0.2, 0.25) is 0 Å². The van der Waals surface area contributed by atoms with Gasteiger partial charge in [0.1, 0.15) is 11.9 Å². The Morgan fingerprint density at radius 1 is 1.21 bits per heavy atom. The third kappa shape index (κ3) is 4.03. The van der Waals surface area contributed by atoms with Gasteiger partial charge < -0.3 is 10.2 Å². The topological polar surface area (TPSA) is 69.3 Å². The average Bonchev–Trinajstić information content (AvgIpc) is 3.23. The zero-order chi connectivity index (χ0) is 19.5. The van der Waals surface area contributed by atoms with Crippen LogP contribution in [0, 0.1) is 5.92 Å². The maximum absolute atomic E-state index is 12.6. The van der Waals surface area contributed by atoms with Crippen molar-refractivity contribution < 1.29 is 4.79 Å². The Morgan fingerprint density at radius 2 is 2.04 bits per heavy atom. The highest BCUT2D eigenvalue weighted by atomic mass is 16.2. The lowest BCUT2D eigenvalue weighted by Crippen LogP contribution is -2.43. The van der Waals surface area contributed by atoms with E-state index >= 15 is 0 Å². The Balaban J connectivity index is 1.41. The van der Waals surface area contributed by atoms with Crippen LogP contribution in [0.15, 0.2) is 42.6 Å². The molecule has 4 rings (SSSR count). The number of hydrogen-bond donors (Lipinski definition) is 3. The second-order valence-electron chi connectivity index (χ2n) is 8.07. The van der Waals surface area contributed by atoms with Crippen molar-refractivity contribution in [3.05, 3.63) is 59.3 Å². The van der Waals surface area contributed by atoms with E-state index in [1.165, 1.54) is 11.1 Å². The maximum Gasteiger partial charge on any atom is 0.238 e. The predicted molar refractivity (Wildman–Crippen MR) is 111 cm³/mol. The van der Waals surface area contributed by atoms with E-state index in [-0.39, 0.29) is 11.9 Å². The molecular formula is C22H29N5O. The summed E-state index contributed by atoms with van der Waals surface area (Å²) in [7, 11) is 0. The van der Waals surface area contributed by atoms with Crippen LogP contribution in [0.3, 0.4) is 0 Å². The van der Waals surface area contributed by atoms with Crippen LogP contribution < -0.4 is 21.1 Å². The van der Waals surface area contributed by atoms with Crippen LogP contribution in [0.1, 0.15) is 37.0 Å². The molecule has 1 aromatic carbocycles. The van der Waals surface area contributed by atoms with Crippen LogP contribution in [0.5, 0.6) is 0 Å². The number of carbonyl (C=O) groups is 1. The monoisotopic (exact) mass is 379 g/mol. The summed E-state index contributed by atoms with van der Waals surface area (Å²) in [4.78, 5) is 19.5. The van der Waals surface area contributed by atoms with Gasteiger partial charge in [-0.15, -0.1) is 0 Å². The molecule has 3 N–H and O–H groups in total. The number of carbonyl (C=O) groups excluding carboxylic acids is 1. The number of fused-ring (bicyclic) bond motifs is 1. The van der Waals surface area contributed by atoms with Crippen molar-refractivity contribution in [2.24, 2.45) is 5.92 Å². The first kappa shape index (κ1) is 18.9. The molecule has 2 aromatic rings. The number of benzene rings is 1. The summed E-state index contributed by atoms with van der Waals surface area (Å²) in [5.74, 6) is 1.50. The second-order valence-corrected chi connectivity index (χ2v) is 8.07. The summed E-state index contributed by atoms with van der Waals surface area (Å²) in [6.45, 7) is 6.62. The summed E-state index contributed by atoms with van der Waals surface area (Å²) < 4.78 is 0. The zero-order valence-corrected chi connectivity index (χ0v) is 16.6. The molecule has 2 aliphatic heterocycles. The van der Waals surface area contributed by atoms with E-state index in [0.29, 0.717) is 18.5 Å². The van der Waals surface area contributed by atoms with E-state index < -0.39 is 0 Å². The van der Waals surface area contributed by atoms with Gasteiger partial charge in [0.05, 0.1) is 0 Å². The Kier molecular flexibility index (Phi) is 5.59. The Bertz CT molecular complexity index is 837. The number of pyridine rings is 1. The van der Waals surface area contributed by atoms with Crippen molar-refractivity contribution in [1.29, 1.82) is 0 Å². The van der Waals surface area contributed by atoms with Crippen LogP contribution in [0.25, 0.3) is 0 Å². The van der Waals surface area contributed by atoms with Crippen molar-refractivity contribution in [2.45, 2.75) is 51.9 Å². The largest absolute Gasteiger partial charge is 0.352 e. The van der Waals surface area contributed by atoms with Crippen molar-refractivity contribution >= 4 is 11.7 Å². The number of nitrogens with one attached hydrogen (secondary N) is 3. The fraction of sp³-hybridized carbons (Fsp3) is 0.455. The van der Waals surface area contributed by atoms with Crippen molar-refractivity contribution in [2.75, 3.05) is 11.4 Å². The predicted octanol–water partition coefficient (Wildman–Crippen LogP) is 2.15. The molecule has 1 amide bonds. The number of amides is 1. The van der Waals surface area contributed by atoms with E-state index in [1.54, 1.807) is 0 Å². The van der Waals surface area contributed by atoms with Gasteiger partial charge in [-0.25, -0.2) is 10.4 Å². The number of nitrogens with zero attached hydrogens (tertiary/aromatic N) is 2. The van der Waals surface area contributed by atoms with Gasteiger partial charge in [-0.05, 0) is 36.0 Å². The first-order valence-corrected chi connectivity index (χ1v) is 10.2. The molecule has 0 saturated carbocycles. The molecule has 0 aliphatic carbocycles. The number of rotatable bonds is 5. The molecule has 1 fully saturated rings. The van der Waals surface area contributed by atoms with Crippen LogP contribution in [-0.4, -0.2) is 29.5 Å². The minimum Gasteiger partial charge on any atom is -0.352 e. The van der Waals surface area contributed by atoms with Gasteiger partial charge in [0.25, 0.3) is 0 Å². The summed E-state index contributed by atoms with van der Waals surface area (Å²) >= 11 is 0. The van der Waals surface area contributed by atoms with Crippen molar-refractivity contribution in [3.63, 3.8) is 0 Å². The fourth-order valence-electron chi connectivity index (χ4n) is 4.03. The van der Waals surface area contributed by atoms with Gasteiger partial charge in [-0.2, -0.15) is 0 Å². The molecule has 28 heavy (non-hydrogen) atoms. The lowest BCUT2D eigenvalue weighted by Gasteiger charge is -2.31. The standard InChI is InChI=1S/C22H29N5O/c1-15(2)19-12-20(26-25-19)22(28)24-13-17-8-5-10-23-21(17)27-11-9-16-6-3-4-7-18(16)14-27/h3-8,10,15,19-20,25-26H,9,11-14H2,1-2H3,(H,24,28). The average molecular weight is 380 g/mol. The Labute approximate surface area is 166 Å².